The number of anilines is 3. The highest BCUT2D eigenvalue weighted by atomic mass is 16.5. The number of benzene rings is 2. The third kappa shape index (κ3) is 3.09. The van der Waals surface area contributed by atoms with E-state index in [1.54, 1.807) is 25.1 Å². The molecule has 0 saturated carbocycles. The van der Waals surface area contributed by atoms with Gasteiger partial charge in [0.15, 0.2) is 0 Å². The molecule has 104 valence electrons. The van der Waals surface area contributed by atoms with Gasteiger partial charge in [-0.15, -0.1) is 0 Å². The molecule has 0 spiro atoms. The summed E-state index contributed by atoms with van der Waals surface area (Å²) in [6, 6.07) is 13.0. The summed E-state index contributed by atoms with van der Waals surface area (Å²) in [6.07, 6.45) is 0. The number of aryl methyl sites for hydroxylation is 1. The van der Waals surface area contributed by atoms with E-state index in [0.29, 0.717) is 17.9 Å². The molecule has 0 fully saturated rings. The highest BCUT2D eigenvalue weighted by molar-refractivity contribution is 5.92. The summed E-state index contributed by atoms with van der Waals surface area (Å²) in [7, 11) is 0. The second-order valence-corrected chi connectivity index (χ2v) is 4.46. The molecule has 3 N–H and O–H groups in total. The molecule has 20 heavy (non-hydrogen) atoms. The van der Waals surface area contributed by atoms with Crippen molar-refractivity contribution in [2.24, 2.45) is 0 Å². The summed E-state index contributed by atoms with van der Waals surface area (Å²) in [5, 5.41) is 3.26. The topological polar surface area (TPSA) is 64.3 Å². The van der Waals surface area contributed by atoms with Crippen molar-refractivity contribution in [2.45, 2.75) is 13.8 Å². The molecule has 4 heteroatoms. The molecule has 0 amide bonds. The molecule has 0 aliphatic heterocycles. The number of hydrogen-bond acceptors (Lipinski definition) is 4. The molecule has 0 bridgehead atoms. The molecule has 2 rings (SSSR count). The predicted molar refractivity (Wildman–Crippen MR) is 81.3 cm³/mol. The molecule has 0 aliphatic carbocycles. The van der Waals surface area contributed by atoms with Crippen molar-refractivity contribution >= 4 is 23.0 Å². The van der Waals surface area contributed by atoms with Crippen molar-refractivity contribution in [1.82, 2.24) is 0 Å². The van der Waals surface area contributed by atoms with E-state index in [-0.39, 0.29) is 5.97 Å². The average molecular weight is 270 g/mol. The van der Waals surface area contributed by atoms with Gasteiger partial charge < -0.3 is 15.8 Å². The zero-order chi connectivity index (χ0) is 14.5. The van der Waals surface area contributed by atoms with E-state index in [9.17, 15) is 4.79 Å². The standard InChI is InChI=1S/C16H18N2O2/c1-3-20-16(19)12-8-9-15(13(17)10-12)18-14-7-5-4-6-11(14)2/h4-10,18H,3,17H2,1-2H3. The molecule has 0 saturated heterocycles. The third-order valence-corrected chi connectivity index (χ3v) is 2.98. The zero-order valence-corrected chi connectivity index (χ0v) is 11.6. The van der Waals surface area contributed by atoms with E-state index in [4.69, 9.17) is 10.5 Å². The Balaban J connectivity index is 2.22. The van der Waals surface area contributed by atoms with E-state index in [1.165, 1.54) is 0 Å². The molecule has 2 aromatic carbocycles. The second-order valence-electron chi connectivity index (χ2n) is 4.46. The number of rotatable bonds is 4. The number of para-hydroxylation sites is 1. The molecule has 2 aromatic rings. The SMILES string of the molecule is CCOC(=O)c1ccc(Nc2ccccc2C)c(N)c1. The lowest BCUT2D eigenvalue weighted by atomic mass is 10.1. The van der Waals surface area contributed by atoms with Gasteiger partial charge in [-0.3, -0.25) is 0 Å². The third-order valence-electron chi connectivity index (χ3n) is 2.98. The van der Waals surface area contributed by atoms with Crippen LogP contribution in [0.1, 0.15) is 22.8 Å². The lowest BCUT2D eigenvalue weighted by Crippen LogP contribution is -2.06. The second kappa shape index (κ2) is 6.10. The minimum atomic E-state index is -0.360. The number of esters is 1. The van der Waals surface area contributed by atoms with Gasteiger partial charge in [0.05, 0.1) is 23.5 Å². The first-order chi connectivity index (χ1) is 9.61. The normalized spacial score (nSPS) is 10.1. The van der Waals surface area contributed by atoms with Crippen LogP contribution in [0.25, 0.3) is 0 Å². The summed E-state index contributed by atoms with van der Waals surface area (Å²) in [6.45, 7) is 4.14. The van der Waals surface area contributed by atoms with Crippen molar-refractivity contribution in [3.8, 4) is 0 Å². The fourth-order valence-electron chi connectivity index (χ4n) is 1.88. The largest absolute Gasteiger partial charge is 0.462 e. The molecule has 0 aromatic heterocycles. The van der Waals surface area contributed by atoms with Crippen LogP contribution in [0.3, 0.4) is 0 Å². The van der Waals surface area contributed by atoms with Gasteiger partial charge in [0.25, 0.3) is 0 Å². The smallest absolute Gasteiger partial charge is 0.338 e. The average Bonchev–Trinajstić information content (AvgIpc) is 2.43. The maximum Gasteiger partial charge on any atom is 0.338 e. The van der Waals surface area contributed by atoms with Crippen LogP contribution in [0.4, 0.5) is 17.1 Å². The monoisotopic (exact) mass is 270 g/mol. The quantitative estimate of drug-likeness (QED) is 0.659. The highest BCUT2D eigenvalue weighted by Crippen LogP contribution is 2.26. The fourth-order valence-corrected chi connectivity index (χ4v) is 1.88. The van der Waals surface area contributed by atoms with Gasteiger partial charge in [0.1, 0.15) is 0 Å². The predicted octanol–water partition coefficient (Wildman–Crippen LogP) is 3.50. The van der Waals surface area contributed by atoms with Crippen LogP contribution in [0.2, 0.25) is 0 Å². The van der Waals surface area contributed by atoms with Gasteiger partial charge in [-0.05, 0) is 43.7 Å². The Morgan fingerprint density at radius 1 is 1.20 bits per heavy atom. The van der Waals surface area contributed by atoms with Crippen LogP contribution >= 0.6 is 0 Å². The Hall–Kier alpha value is -2.49. The van der Waals surface area contributed by atoms with E-state index in [0.717, 1.165) is 16.9 Å². The maximum atomic E-state index is 11.6. The van der Waals surface area contributed by atoms with Crippen molar-refractivity contribution in [3.05, 3.63) is 53.6 Å². The van der Waals surface area contributed by atoms with Crippen LogP contribution < -0.4 is 11.1 Å². The molecular formula is C16H18N2O2. The molecular weight excluding hydrogens is 252 g/mol. The van der Waals surface area contributed by atoms with Gasteiger partial charge in [-0.2, -0.15) is 0 Å². The van der Waals surface area contributed by atoms with Gasteiger partial charge in [-0.25, -0.2) is 4.79 Å². The Morgan fingerprint density at radius 2 is 1.95 bits per heavy atom. The Kier molecular flexibility index (Phi) is 4.25. The molecule has 4 nitrogen and oxygen atoms in total. The van der Waals surface area contributed by atoms with Gasteiger partial charge in [0.2, 0.25) is 0 Å². The fraction of sp³-hybridized carbons (Fsp3) is 0.188. The Labute approximate surface area is 118 Å². The van der Waals surface area contributed by atoms with Crippen molar-refractivity contribution < 1.29 is 9.53 Å². The first-order valence-corrected chi connectivity index (χ1v) is 6.51. The minimum Gasteiger partial charge on any atom is -0.462 e. The lowest BCUT2D eigenvalue weighted by molar-refractivity contribution is 0.0526. The van der Waals surface area contributed by atoms with E-state index in [2.05, 4.69) is 5.32 Å². The van der Waals surface area contributed by atoms with Crippen LogP contribution in [0, 0.1) is 6.92 Å². The summed E-state index contributed by atoms with van der Waals surface area (Å²) < 4.78 is 4.95. The number of carbonyl (C=O) groups is 1. The van der Waals surface area contributed by atoms with Crippen LogP contribution in [0.5, 0.6) is 0 Å². The summed E-state index contributed by atoms with van der Waals surface area (Å²) in [5.41, 5.74) is 9.84. The molecule has 0 atom stereocenters. The highest BCUT2D eigenvalue weighted by Gasteiger charge is 2.09. The number of carbonyl (C=O) groups excluding carboxylic acids is 1. The van der Waals surface area contributed by atoms with E-state index < -0.39 is 0 Å². The molecule has 0 aliphatic rings. The first-order valence-electron chi connectivity index (χ1n) is 6.51. The van der Waals surface area contributed by atoms with Crippen molar-refractivity contribution in [2.75, 3.05) is 17.7 Å². The molecule has 0 radical (unpaired) electrons. The summed E-state index contributed by atoms with van der Waals surface area (Å²) >= 11 is 0. The summed E-state index contributed by atoms with van der Waals surface area (Å²) in [5.74, 6) is -0.360. The van der Waals surface area contributed by atoms with Gasteiger partial charge in [-0.1, -0.05) is 18.2 Å². The Morgan fingerprint density at radius 3 is 2.60 bits per heavy atom. The number of nitrogen functional groups attached to an aromatic ring is 1. The number of nitrogens with one attached hydrogen (secondary N) is 1. The molecule has 0 unspecified atom stereocenters. The van der Waals surface area contributed by atoms with E-state index >= 15 is 0 Å². The number of nitrogens with two attached hydrogens (primary N) is 1. The lowest BCUT2D eigenvalue weighted by Gasteiger charge is -2.12. The van der Waals surface area contributed by atoms with Gasteiger partial charge in [0, 0.05) is 5.69 Å². The first kappa shape index (κ1) is 13.9. The van der Waals surface area contributed by atoms with Gasteiger partial charge >= 0.3 is 5.97 Å². The van der Waals surface area contributed by atoms with Crippen LogP contribution in [0.15, 0.2) is 42.5 Å². The number of hydrogen-bond donors (Lipinski definition) is 2. The van der Waals surface area contributed by atoms with Crippen LogP contribution in [-0.2, 0) is 4.74 Å². The van der Waals surface area contributed by atoms with Crippen molar-refractivity contribution in [1.29, 1.82) is 0 Å². The zero-order valence-electron chi connectivity index (χ0n) is 11.6. The maximum absolute atomic E-state index is 11.6. The number of ether oxygens (including phenoxy) is 1. The summed E-state index contributed by atoms with van der Waals surface area (Å²) in [4.78, 5) is 11.6. The van der Waals surface area contributed by atoms with E-state index in [1.807, 2.05) is 31.2 Å². The van der Waals surface area contributed by atoms with Crippen LogP contribution in [-0.4, -0.2) is 12.6 Å². The van der Waals surface area contributed by atoms with Crippen molar-refractivity contribution in [3.63, 3.8) is 0 Å². The minimum absolute atomic E-state index is 0.349. The Bertz CT molecular complexity index is 624. The molecule has 0 heterocycles.